The molecule has 1 aliphatic rings. The third kappa shape index (κ3) is 2.21. The van der Waals surface area contributed by atoms with Crippen LogP contribution in [0.4, 0.5) is 0 Å². The molecular weight excluding hydrogens is 128 g/mol. The molecule has 0 N–H and O–H groups in total. The van der Waals surface area contributed by atoms with Crippen LogP contribution in [0, 0.1) is 0 Å². The van der Waals surface area contributed by atoms with Crippen molar-refractivity contribution in [3.8, 4) is 0 Å². The largest absolute Gasteiger partial charge is 0.155 e. The van der Waals surface area contributed by atoms with E-state index < -0.39 is 0 Å². The Morgan fingerprint density at radius 2 is 2.22 bits per heavy atom. The van der Waals surface area contributed by atoms with Crippen molar-refractivity contribution < 1.29 is 0 Å². The fourth-order valence-electron chi connectivity index (χ4n) is 1.42. The molecule has 1 heteroatoms. The maximum Gasteiger partial charge on any atom is 0.00500 e. The second-order valence-corrected chi connectivity index (χ2v) is 4.68. The van der Waals surface area contributed by atoms with Gasteiger partial charge in [-0.3, -0.25) is 0 Å². The molecule has 1 rings (SSSR count). The summed E-state index contributed by atoms with van der Waals surface area (Å²) in [7, 11) is 0. The van der Waals surface area contributed by atoms with Gasteiger partial charge in [0.15, 0.2) is 0 Å². The summed E-state index contributed by atoms with van der Waals surface area (Å²) in [5, 5.41) is 1.95. The highest BCUT2D eigenvalue weighted by Gasteiger charge is 2.20. The van der Waals surface area contributed by atoms with Crippen molar-refractivity contribution in [2.45, 2.75) is 50.0 Å². The molecule has 2 atom stereocenters. The lowest BCUT2D eigenvalue weighted by molar-refractivity contribution is 0.684. The molecule has 0 saturated carbocycles. The summed E-state index contributed by atoms with van der Waals surface area (Å²) in [5.41, 5.74) is 0. The third-order valence-electron chi connectivity index (χ3n) is 1.93. The number of hydrogen-bond donors (Lipinski definition) is 0. The Bertz CT molecular complexity index is 78.6. The van der Waals surface area contributed by atoms with E-state index in [2.05, 4.69) is 25.6 Å². The van der Waals surface area contributed by atoms with Crippen LogP contribution in [0.25, 0.3) is 0 Å². The van der Waals surface area contributed by atoms with E-state index in [4.69, 9.17) is 0 Å². The molecule has 1 aliphatic heterocycles. The summed E-state index contributed by atoms with van der Waals surface area (Å²) in [6.45, 7) is 4.63. The van der Waals surface area contributed by atoms with Crippen molar-refractivity contribution in [1.29, 1.82) is 0 Å². The lowest BCUT2D eigenvalue weighted by Crippen LogP contribution is -1.94. The molecule has 0 radical (unpaired) electrons. The molecule has 1 saturated heterocycles. The lowest BCUT2D eigenvalue weighted by atomic mass is 10.1. The number of rotatable bonds is 2. The van der Waals surface area contributed by atoms with Gasteiger partial charge in [-0.1, -0.05) is 20.3 Å². The van der Waals surface area contributed by atoms with Crippen molar-refractivity contribution >= 4 is 11.8 Å². The minimum absolute atomic E-state index is 0.946. The molecule has 0 bridgehead atoms. The van der Waals surface area contributed by atoms with Crippen LogP contribution in [0.5, 0.6) is 0 Å². The summed E-state index contributed by atoms with van der Waals surface area (Å²) < 4.78 is 0. The Morgan fingerprint density at radius 1 is 1.44 bits per heavy atom. The molecule has 54 valence electrons. The quantitative estimate of drug-likeness (QED) is 0.574. The first-order valence-corrected chi connectivity index (χ1v) is 4.92. The topological polar surface area (TPSA) is 0 Å². The zero-order valence-corrected chi connectivity index (χ0v) is 7.21. The molecule has 0 unspecified atom stereocenters. The minimum Gasteiger partial charge on any atom is -0.155 e. The van der Waals surface area contributed by atoms with E-state index in [1.165, 1.54) is 25.7 Å². The van der Waals surface area contributed by atoms with Crippen molar-refractivity contribution in [3.63, 3.8) is 0 Å². The Morgan fingerprint density at radius 3 is 2.67 bits per heavy atom. The minimum atomic E-state index is 0.946. The summed E-state index contributed by atoms with van der Waals surface area (Å²) in [4.78, 5) is 0. The predicted octanol–water partition coefficient (Wildman–Crippen LogP) is 3.07. The second-order valence-electron chi connectivity index (χ2n) is 2.93. The fraction of sp³-hybridized carbons (Fsp3) is 1.00. The van der Waals surface area contributed by atoms with Crippen LogP contribution >= 0.6 is 11.8 Å². The maximum atomic E-state index is 2.35. The van der Waals surface area contributed by atoms with E-state index in [0.717, 1.165) is 10.5 Å². The first kappa shape index (κ1) is 7.46. The van der Waals surface area contributed by atoms with E-state index in [1.54, 1.807) is 0 Å². The van der Waals surface area contributed by atoms with E-state index >= 15 is 0 Å². The predicted molar refractivity (Wildman–Crippen MR) is 45.0 cm³/mol. The van der Waals surface area contributed by atoms with Gasteiger partial charge >= 0.3 is 0 Å². The van der Waals surface area contributed by atoms with Gasteiger partial charge < -0.3 is 0 Å². The fourth-order valence-corrected chi connectivity index (χ4v) is 2.99. The monoisotopic (exact) mass is 144 g/mol. The summed E-state index contributed by atoms with van der Waals surface area (Å²) in [6.07, 6.45) is 5.73. The van der Waals surface area contributed by atoms with E-state index in [0.29, 0.717) is 0 Å². The molecule has 0 spiro atoms. The molecule has 0 nitrogen and oxygen atoms in total. The van der Waals surface area contributed by atoms with Crippen LogP contribution in [0.3, 0.4) is 0 Å². The summed E-state index contributed by atoms with van der Waals surface area (Å²) >= 11 is 2.19. The average molecular weight is 144 g/mol. The molecule has 0 amide bonds. The first-order valence-electron chi connectivity index (χ1n) is 3.98. The lowest BCUT2D eigenvalue weighted by Gasteiger charge is -2.05. The maximum absolute atomic E-state index is 2.35. The van der Waals surface area contributed by atoms with Gasteiger partial charge in [0.05, 0.1) is 0 Å². The highest BCUT2D eigenvalue weighted by atomic mass is 32.2. The van der Waals surface area contributed by atoms with E-state index in [9.17, 15) is 0 Å². The molecule has 0 aromatic heterocycles. The third-order valence-corrected chi connectivity index (χ3v) is 3.49. The van der Waals surface area contributed by atoms with Gasteiger partial charge in [-0.05, 0) is 19.3 Å². The number of hydrogen-bond acceptors (Lipinski definition) is 1. The zero-order chi connectivity index (χ0) is 6.69. The van der Waals surface area contributed by atoms with Gasteiger partial charge in [0.25, 0.3) is 0 Å². The van der Waals surface area contributed by atoms with Crippen molar-refractivity contribution in [1.82, 2.24) is 0 Å². The molecule has 9 heavy (non-hydrogen) atoms. The summed E-state index contributed by atoms with van der Waals surface area (Å²) in [5.74, 6) is 0. The molecule has 0 aliphatic carbocycles. The summed E-state index contributed by atoms with van der Waals surface area (Å²) in [6, 6.07) is 0. The van der Waals surface area contributed by atoms with Gasteiger partial charge in [-0.25, -0.2) is 0 Å². The van der Waals surface area contributed by atoms with Crippen molar-refractivity contribution in [3.05, 3.63) is 0 Å². The van der Waals surface area contributed by atoms with Gasteiger partial charge in [-0.2, -0.15) is 11.8 Å². The van der Waals surface area contributed by atoms with Crippen LogP contribution < -0.4 is 0 Å². The van der Waals surface area contributed by atoms with Crippen LogP contribution in [0.15, 0.2) is 0 Å². The van der Waals surface area contributed by atoms with Gasteiger partial charge in [0.2, 0.25) is 0 Å². The first-order chi connectivity index (χ1) is 4.33. The van der Waals surface area contributed by atoms with E-state index in [1.807, 2.05) is 0 Å². The molecular formula is C8H16S. The Hall–Kier alpha value is 0.350. The van der Waals surface area contributed by atoms with Gasteiger partial charge in [-0.15, -0.1) is 0 Å². The zero-order valence-electron chi connectivity index (χ0n) is 6.39. The molecule has 1 fully saturated rings. The second kappa shape index (κ2) is 3.50. The Labute approximate surface area is 62.4 Å². The van der Waals surface area contributed by atoms with E-state index in [-0.39, 0.29) is 0 Å². The smallest absolute Gasteiger partial charge is 0.00500 e. The number of thioether (sulfide) groups is 1. The average Bonchev–Trinajstić information content (AvgIpc) is 2.17. The standard InChI is InChI=1S/C8H16S/c1-3-4-8-6-5-7(2)9-8/h7-8H,3-6H2,1-2H3/t7-,8-/m1/s1. The Kier molecular flexibility index (Phi) is 2.90. The van der Waals surface area contributed by atoms with Crippen molar-refractivity contribution in [2.24, 2.45) is 0 Å². The highest BCUT2D eigenvalue weighted by Crippen LogP contribution is 2.35. The van der Waals surface area contributed by atoms with Crippen LogP contribution in [0.1, 0.15) is 39.5 Å². The van der Waals surface area contributed by atoms with Crippen molar-refractivity contribution in [2.75, 3.05) is 0 Å². The van der Waals surface area contributed by atoms with Crippen LogP contribution in [0.2, 0.25) is 0 Å². The van der Waals surface area contributed by atoms with Gasteiger partial charge in [0.1, 0.15) is 0 Å². The Balaban J connectivity index is 2.14. The van der Waals surface area contributed by atoms with Gasteiger partial charge in [0, 0.05) is 10.5 Å². The SMILES string of the molecule is CCC[C@@H]1CC[C@@H](C)S1. The van der Waals surface area contributed by atoms with Crippen LogP contribution in [-0.2, 0) is 0 Å². The molecule has 1 heterocycles. The molecule has 0 aromatic rings. The normalized spacial score (nSPS) is 35.3. The highest BCUT2D eigenvalue weighted by molar-refractivity contribution is 8.00. The molecule has 0 aromatic carbocycles. The van der Waals surface area contributed by atoms with Crippen LogP contribution in [-0.4, -0.2) is 10.5 Å².